The molecule has 8 nitrogen and oxygen atoms in total. The van der Waals surface area contributed by atoms with Gasteiger partial charge in [-0.05, 0) is 57.7 Å². The lowest BCUT2D eigenvalue weighted by Gasteiger charge is -2.40. The van der Waals surface area contributed by atoms with E-state index in [1.54, 1.807) is 19.9 Å². The molecule has 0 aliphatic carbocycles. The summed E-state index contributed by atoms with van der Waals surface area (Å²) in [4.78, 5) is 19.5. The third kappa shape index (κ3) is 5.10. The molecular weight excluding hydrogens is 506 g/mol. The highest BCUT2D eigenvalue weighted by atomic mass is 35.5. The maximum atomic E-state index is 13.6. The van der Waals surface area contributed by atoms with Gasteiger partial charge < -0.3 is 15.0 Å². The molecule has 2 bridgehead atoms. The summed E-state index contributed by atoms with van der Waals surface area (Å²) in [5.41, 5.74) is -1.27. The number of pyridine rings is 1. The van der Waals surface area contributed by atoms with E-state index in [1.165, 1.54) is 18.3 Å². The number of aromatic nitrogens is 1. The zero-order chi connectivity index (χ0) is 24.8. The Morgan fingerprint density at radius 2 is 1.85 bits per heavy atom. The summed E-state index contributed by atoms with van der Waals surface area (Å²) in [7, 11) is -3.80. The Labute approximate surface area is 207 Å². The maximum Gasteiger partial charge on any atom is 0.263 e. The minimum absolute atomic E-state index is 0.0232. The molecule has 12 heteroatoms. The van der Waals surface area contributed by atoms with Crippen LogP contribution in [0, 0.1) is 5.82 Å². The van der Waals surface area contributed by atoms with Crippen LogP contribution >= 0.6 is 23.2 Å². The van der Waals surface area contributed by atoms with Crippen LogP contribution in [0.5, 0.6) is 5.75 Å². The van der Waals surface area contributed by atoms with Gasteiger partial charge in [0.25, 0.3) is 5.91 Å². The molecule has 0 saturated carbocycles. The van der Waals surface area contributed by atoms with Crippen molar-refractivity contribution in [2.75, 3.05) is 4.90 Å². The van der Waals surface area contributed by atoms with Crippen LogP contribution in [0.15, 0.2) is 35.4 Å². The summed E-state index contributed by atoms with van der Waals surface area (Å²) >= 11 is 11.9. The van der Waals surface area contributed by atoms with E-state index in [4.69, 9.17) is 33.1 Å². The number of hydrogen-bond acceptors (Lipinski definition) is 6. The van der Waals surface area contributed by atoms with Gasteiger partial charge in [0, 0.05) is 30.4 Å². The Balaban J connectivity index is 1.42. The average molecular weight is 531 g/mol. The third-order valence-electron chi connectivity index (χ3n) is 6.27. The average Bonchev–Trinajstić information content (AvgIpc) is 3.01. The van der Waals surface area contributed by atoms with Gasteiger partial charge >= 0.3 is 0 Å². The molecule has 0 radical (unpaired) electrons. The molecule has 2 unspecified atom stereocenters. The van der Waals surface area contributed by atoms with Crippen molar-refractivity contribution >= 4 is 45.0 Å². The normalized spacial score (nSPS) is 22.5. The van der Waals surface area contributed by atoms with Crippen LogP contribution in [0.25, 0.3) is 0 Å². The monoisotopic (exact) mass is 530 g/mol. The van der Waals surface area contributed by atoms with Crippen molar-refractivity contribution in [1.29, 1.82) is 0 Å². The lowest BCUT2D eigenvalue weighted by Crippen LogP contribution is -2.55. The van der Waals surface area contributed by atoms with Gasteiger partial charge in [0.2, 0.25) is 10.0 Å². The van der Waals surface area contributed by atoms with Crippen molar-refractivity contribution in [2.45, 2.75) is 68.2 Å². The molecule has 2 atom stereocenters. The number of nitrogens with two attached hydrogens (primary N) is 1. The second-order valence-corrected chi connectivity index (χ2v) is 11.5. The van der Waals surface area contributed by atoms with E-state index in [-0.39, 0.29) is 44.7 Å². The van der Waals surface area contributed by atoms with Gasteiger partial charge in [0.05, 0.1) is 10.0 Å². The van der Waals surface area contributed by atoms with E-state index in [2.05, 4.69) is 15.2 Å². The van der Waals surface area contributed by atoms with Gasteiger partial charge in [0.15, 0.2) is 5.60 Å². The molecule has 2 aliphatic heterocycles. The van der Waals surface area contributed by atoms with Crippen LogP contribution in [-0.4, -0.2) is 43.0 Å². The number of rotatable bonds is 6. The van der Waals surface area contributed by atoms with Crippen molar-refractivity contribution in [3.8, 4) is 5.75 Å². The largest absolute Gasteiger partial charge is 0.476 e. The van der Waals surface area contributed by atoms with Gasteiger partial charge in [-0.3, -0.25) is 4.79 Å². The van der Waals surface area contributed by atoms with Crippen molar-refractivity contribution < 1.29 is 22.3 Å². The lowest BCUT2D eigenvalue weighted by atomic mass is 9.96. The summed E-state index contributed by atoms with van der Waals surface area (Å²) in [6.45, 7) is 3.22. The van der Waals surface area contributed by atoms with Gasteiger partial charge in [-0.1, -0.05) is 23.2 Å². The number of carbonyl (C=O) groups excluding carboxylic acids is 1. The van der Waals surface area contributed by atoms with Crippen molar-refractivity contribution in [1.82, 2.24) is 10.3 Å². The Kier molecular flexibility index (Phi) is 6.71. The van der Waals surface area contributed by atoms with Gasteiger partial charge in [-0.15, -0.1) is 0 Å². The van der Waals surface area contributed by atoms with E-state index in [0.29, 0.717) is 18.7 Å². The fourth-order valence-electron chi connectivity index (χ4n) is 4.63. The SMILES string of the molecule is CC(C)(Oc1cc(Cl)c(F)cc1Cl)C(=O)NC1CC2CCC(C1)N2c1ccc(S(N)(=O)=O)cn1. The summed E-state index contributed by atoms with van der Waals surface area (Å²) in [6, 6.07) is 5.67. The number of nitrogens with zero attached hydrogens (tertiary/aromatic N) is 2. The standard InChI is InChI=1S/C22H25Cl2FN4O4S/c1-22(2,33-19-10-16(23)18(25)9-17(19)24)21(30)28-12-7-13-3-4-14(8-12)29(13)20-6-5-15(11-27-20)34(26,31)32/h5-6,9-14H,3-4,7-8H2,1-2H3,(H,28,30)(H2,26,31,32). The van der Waals surface area contributed by atoms with Gasteiger partial charge in [-0.2, -0.15) is 0 Å². The number of nitrogens with one attached hydrogen (secondary N) is 1. The number of amides is 1. The van der Waals surface area contributed by atoms with E-state index in [1.807, 2.05) is 0 Å². The first-order chi connectivity index (χ1) is 15.8. The van der Waals surface area contributed by atoms with Crippen LogP contribution in [0.2, 0.25) is 10.0 Å². The summed E-state index contributed by atoms with van der Waals surface area (Å²) in [5, 5.41) is 8.11. The molecule has 1 aromatic heterocycles. The van der Waals surface area contributed by atoms with Crippen molar-refractivity contribution in [2.24, 2.45) is 5.14 Å². The van der Waals surface area contributed by atoms with Gasteiger partial charge in [-0.25, -0.2) is 22.9 Å². The molecular formula is C22H25Cl2FN4O4S. The topological polar surface area (TPSA) is 115 Å². The van der Waals surface area contributed by atoms with Crippen molar-refractivity contribution in [3.63, 3.8) is 0 Å². The number of hydrogen-bond donors (Lipinski definition) is 2. The number of piperidine rings is 1. The molecule has 2 aliphatic rings. The molecule has 2 aromatic rings. The molecule has 3 heterocycles. The zero-order valence-corrected chi connectivity index (χ0v) is 20.9. The number of halogens is 3. The number of primary sulfonamides is 1. The van der Waals surface area contributed by atoms with Crippen LogP contribution in [0.4, 0.5) is 10.2 Å². The summed E-state index contributed by atoms with van der Waals surface area (Å²) < 4.78 is 42.4. The van der Waals surface area contributed by atoms with Crippen LogP contribution in [0.1, 0.15) is 39.5 Å². The molecule has 2 fully saturated rings. The number of benzene rings is 1. The smallest absolute Gasteiger partial charge is 0.263 e. The zero-order valence-electron chi connectivity index (χ0n) is 18.6. The maximum absolute atomic E-state index is 13.6. The summed E-state index contributed by atoms with van der Waals surface area (Å²) in [5.74, 6) is -0.178. The minimum Gasteiger partial charge on any atom is -0.476 e. The van der Waals surface area contributed by atoms with Gasteiger partial charge in [0.1, 0.15) is 22.3 Å². The number of sulfonamides is 1. The minimum atomic E-state index is -3.80. The van der Waals surface area contributed by atoms with Crippen LogP contribution in [-0.2, 0) is 14.8 Å². The van der Waals surface area contributed by atoms with E-state index < -0.39 is 21.4 Å². The first kappa shape index (κ1) is 25.0. The third-order valence-corrected chi connectivity index (χ3v) is 7.75. The number of fused-ring (bicyclic) bond motifs is 2. The molecule has 1 aromatic carbocycles. The molecule has 4 rings (SSSR count). The molecule has 1 amide bonds. The second kappa shape index (κ2) is 9.14. The predicted molar refractivity (Wildman–Crippen MR) is 127 cm³/mol. The predicted octanol–water partition coefficient (Wildman–Crippen LogP) is 3.65. The van der Waals surface area contributed by atoms with E-state index in [0.717, 1.165) is 18.9 Å². The van der Waals surface area contributed by atoms with Crippen LogP contribution < -0.4 is 20.1 Å². The fourth-order valence-corrected chi connectivity index (χ4v) is 5.43. The Bertz CT molecular complexity index is 1200. The van der Waals surface area contributed by atoms with Crippen LogP contribution in [0.3, 0.4) is 0 Å². The molecule has 0 spiro atoms. The lowest BCUT2D eigenvalue weighted by molar-refractivity contribution is -0.135. The summed E-state index contributed by atoms with van der Waals surface area (Å²) in [6.07, 6.45) is 4.57. The highest BCUT2D eigenvalue weighted by Gasteiger charge is 2.43. The Hall–Kier alpha value is -2.14. The fraction of sp³-hybridized carbons (Fsp3) is 0.455. The highest BCUT2D eigenvalue weighted by molar-refractivity contribution is 7.89. The first-order valence-corrected chi connectivity index (χ1v) is 13.1. The Morgan fingerprint density at radius 3 is 2.41 bits per heavy atom. The molecule has 2 saturated heterocycles. The quantitative estimate of drug-likeness (QED) is 0.550. The number of ether oxygens (including phenoxy) is 1. The first-order valence-electron chi connectivity index (χ1n) is 10.8. The number of carbonyl (C=O) groups is 1. The number of anilines is 1. The highest BCUT2D eigenvalue weighted by Crippen LogP contribution is 2.39. The Morgan fingerprint density at radius 1 is 1.21 bits per heavy atom. The second-order valence-electron chi connectivity index (χ2n) is 9.14. The molecule has 184 valence electrons. The van der Waals surface area contributed by atoms with E-state index in [9.17, 15) is 17.6 Å². The van der Waals surface area contributed by atoms with Crippen molar-refractivity contribution in [3.05, 3.63) is 46.3 Å². The molecule has 3 N–H and O–H groups in total. The van der Waals surface area contributed by atoms with E-state index >= 15 is 0 Å². The molecule has 34 heavy (non-hydrogen) atoms.